The molecule has 1 aliphatic carbocycles. The molecule has 2 saturated heterocycles. The van der Waals surface area contributed by atoms with Crippen molar-refractivity contribution in [3.8, 4) is 5.75 Å². The van der Waals surface area contributed by atoms with Gasteiger partial charge in [-0.3, -0.25) is 29.4 Å². The van der Waals surface area contributed by atoms with Gasteiger partial charge in [0, 0.05) is 30.6 Å². The number of hydrogen-bond acceptors (Lipinski definition) is 8. The van der Waals surface area contributed by atoms with Crippen molar-refractivity contribution in [2.75, 3.05) is 24.6 Å². The molecule has 3 heterocycles. The molecule has 6 rings (SSSR count). The van der Waals surface area contributed by atoms with Crippen LogP contribution in [-0.4, -0.2) is 65.8 Å². The van der Waals surface area contributed by atoms with E-state index in [9.17, 15) is 24.0 Å². The van der Waals surface area contributed by atoms with Gasteiger partial charge >= 0.3 is 5.97 Å². The summed E-state index contributed by atoms with van der Waals surface area (Å²) in [6.45, 7) is 8.08. The first-order chi connectivity index (χ1) is 19.9. The fourth-order valence-electron chi connectivity index (χ4n) is 6.60. The van der Waals surface area contributed by atoms with Crippen LogP contribution in [-0.2, 0) is 14.3 Å². The van der Waals surface area contributed by atoms with E-state index in [-0.39, 0.29) is 29.9 Å². The van der Waals surface area contributed by atoms with Crippen molar-refractivity contribution in [1.29, 1.82) is 0 Å². The molecule has 1 N–H and O–H groups in total. The minimum absolute atomic E-state index is 0.0849. The van der Waals surface area contributed by atoms with Gasteiger partial charge < -0.3 is 14.4 Å². The molecule has 1 unspecified atom stereocenters. The number of anilines is 1. The predicted octanol–water partition coefficient (Wildman–Crippen LogP) is 3.73. The Hall–Kier alpha value is -4.21. The number of fused-ring (bicyclic) bond motifs is 1. The van der Waals surface area contributed by atoms with Gasteiger partial charge in [-0.2, -0.15) is 0 Å². The third kappa shape index (κ3) is 5.26. The fraction of sp³-hybridized carbons (Fsp3) is 0.469. The molecule has 3 aliphatic heterocycles. The van der Waals surface area contributed by atoms with Gasteiger partial charge in [0.25, 0.3) is 11.8 Å². The smallest absolute Gasteiger partial charge is 0.338 e. The Morgan fingerprint density at radius 3 is 2.33 bits per heavy atom. The highest BCUT2D eigenvalue weighted by Gasteiger charge is 2.52. The molecule has 10 nitrogen and oxygen atoms in total. The van der Waals surface area contributed by atoms with Gasteiger partial charge in [0.15, 0.2) is 0 Å². The van der Waals surface area contributed by atoms with Gasteiger partial charge in [0.05, 0.1) is 23.3 Å². The normalized spacial score (nSPS) is 21.5. The summed E-state index contributed by atoms with van der Waals surface area (Å²) >= 11 is 0. The number of piperidine rings is 1. The number of benzene rings is 2. The van der Waals surface area contributed by atoms with Crippen molar-refractivity contribution in [3.63, 3.8) is 0 Å². The number of ether oxygens (including phenoxy) is 2. The van der Waals surface area contributed by atoms with Crippen molar-refractivity contribution >= 4 is 35.3 Å². The third-order valence-electron chi connectivity index (χ3n) is 8.57. The van der Waals surface area contributed by atoms with Crippen LogP contribution in [0.1, 0.15) is 83.9 Å². The number of amides is 4. The number of nitrogens with one attached hydrogen (secondary N) is 1. The Kier molecular flexibility index (Phi) is 6.82. The van der Waals surface area contributed by atoms with E-state index < -0.39 is 35.3 Å². The van der Waals surface area contributed by atoms with E-state index in [0.717, 1.165) is 42.9 Å². The van der Waals surface area contributed by atoms with Gasteiger partial charge in [-0.15, -0.1) is 0 Å². The lowest BCUT2D eigenvalue weighted by Crippen LogP contribution is -2.62. The molecule has 4 aliphatic rings. The van der Waals surface area contributed by atoms with Crippen LogP contribution in [0.3, 0.4) is 0 Å². The number of nitrogens with zero attached hydrogens (tertiary/aromatic N) is 2. The third-order valence-corrected chi connectivity index (χ3v) is 8.57. The second kappa shape index (κ2) is 10.3. The summed E-state index contributed by atoms with van der Waals surface area (Å²) in [7, 11) is 0. The second-order valence-corrected chi connectivity index (χ2v) is 13.0. The number of esters is 1. The summed E-state index contributed by atoms with van der Waals surface area (Å²) in [5.74, 6) is -1.31. The number of imide groups is 2. The second-order valence-electron chi connectivity index (χ2n) is 13.0. The van der Waals surface area contributed by atoms with Gasteiger partial charge in [-0.05, 0) is 94.8 Å². The molecule has 1 atom stereocenters. The molecule has 2 aromatic carbocycles. The molecule has 4 amide bonds. The van der Waals surface area contributed by atoms with Crippen LogP contribution in [0.25, 0.3) is 0 Å². The molecule has 0 aromatic heterocycles. The van der Waals surface area contributed by atoms with Crippen molar-refractivity contribution in [1.82, 2.24) is 10.2 Å². The van der Waals surface area contributed by atoms with E-state index >= 15 is 0 Å². The minimum atomic E-state index is -0.982. The monoisotopic (exact) mass is 573 g/mol. The van der Waals surface area contributed by atoms with E-state index in [2.05, 4.69) is 10.2 Å². The Bertz CT molecular complexity index is 1460. The lowest BCUT2D eigenvalue weighted by atomic mass is 9.57. The molecule has 1 spiro atoms. The van der Waals surface area contributed by atoms with Gasteiger partial charge in [-0.25, -0.2) is 4.79 Å². The summed E-state index contributed by atoms with van der Waals surface area (Å²) in [6.07, 6.45) is 3.39. The Balaban J connectivity index is 0.955. The van der Waals surface area contributed by atoms with E-state index in [1.54, 1.807) is 18.2 Å². The zero-order valence-electron chi connectivity index (χ0n) is 24.1. The van der Waals surface area contributed by atoms with Crippen LogP contribution in [0, 0.1) is 11.3 Å². The molecule has 0 bridgehead atoms. The van der Waals surface area contributed by atoms with Crippen LogP contribution in [0.15, 0.2) is 42.5 Å². The summed E-state index contributed by atoms with van der Waals surface area (Å²) in [6, 6.07) is 11.4. The first kappa shape index (κ1) is 27.9. The fourth-order valence-corrected chi connectivity index (χ4v) is 6.60. The maximum absolute atomic E-state index is 13.0. The average molecular weight is 574 g/mol. The Morgan fingerprint density at radius 1 is 0.976 bits per heavy atom. The first-order valence-electron chi connectivity index (χ1n) is 14.5. The lowest BCUT2D eigenvalue weighted by molar-refractivity contribution is -0.136. The van der Waals surface area contributed by atoms with Gasteiger partial charge in [0.1, 0.15) is 17.4 Å². The maximum atomic E-state index is 13.0. The average Bonchev–Trinajstić information content (AvgIpc) is 3.12. The predicted molar refractivity (Wildman–Crippen MR) is 152 cm³/mol. The number of carbonyl (C=O) groups is 5. The summed E-state index contributed by atoms with van der Waals surface area (Å²) in [4.78, 5) is 65.2. The maximum Gasteiger partial charge on any atom is 0.338 e. The topological polar surface area (TPSA) is 122 Å². The van der Waals surface area contributed by atoms with Gasteiger partial charge in [-0.1, -0.05) is 0 Å². The van der Waals surface area contributed by atoms with Crippen molar-refractivity contribution in [2.24, 2.45) is 11.3 Å². The molecule has 3 fully saturated rings. The molecule has 42 heavy (non-hydrogen) atoms. The van der Waals surface area contributed by atoms with Crippen LogP contribution < -0.4 is 15.0 Å². The molecule has 10 heteroatoms. The van der Waals surface area contributed by atoms with E-state index in [4.69, 9.17) is 9.47 Å². The van der Waals surface area contributed by atoms with Crippen molar-refractivity contribution in [2.45, 2.75) is 64.5 Å². The summed E-state index contributed by atoms with van der Waals surface area (Å²) in [5.41, 5.74) is 1.95. The van der Waals surface area contributed by atoms with Gasteiger partial charge in [0.2, 0.25) is 11.8 Å². The quantitative estimate of drug-likeness (QED) is 0.393. The standard InChI is InChI=1S/C32H35N3O7/c1-31(2,3)42-30(40)20-4-6-21(7-5-20)34-17-32(18-34)15-19(16-32)12-13-41-22-8-9-23-24(14-22)29(39)35(28(23)38)25-10-11-26(36)33-27(25)37/h4-9,14,19,25H,10-13,15-18H2,1-3H3,(H,33,36,37). The summed E-state index contributed by atoms with van der Waals surface area (Å²) < 4.78 is 11.4. The number of rotatable bonds is 7. The number of carbonyl (C=O) groups excluding carboxylic acids is 5. The van der Waals surface area contributed by atoms with Crippen molar-refractivity contribution < 1.29 is 33.4 Å². The highest BCUT2D eigenvalue weighted by Crippen LogP contribution is 2.54. The highest BCUT2D eigenvalue weighted by atomic mass is 16.6. The Morgan fingerprint density at radius 2 is 1.67 bits per heavy atom. The zero-order valence-corrected chi connectivity index (χ0v) is 24.1. The van der Waals surface area contributed by atoms with Crippen molar-refractivity contribution in [3.05, 3.63) is 59.2 Å². The summed E-state index contributed by atoms with van der Waals surface area (Å²) in [5, 5.41) is 2.20. The molecule has 0 radical (unpaired) electrons. The SMILES string of the molecule is CC(C)(C)OC(=O)c1ccc(N2CC3(CC(CCOc4ccc5c(c4)C(=O)N(C4CCC(=O)NC4=O)C5=O)C3)C2)cc1. The zero-order chi connectivity index (χ0) is 29.8. The van der Waals surface area contributed by atoms with Crippen LogP contribution in [0.2, 0.25) is 0 Å². The largest absolute Gasteiger partial charge is 0.494 e. The Labute approximate surface area is 244 Å². The minimum Gasteiger partial charge on any atom is -0.494 e. The molecule has 1 saturated carbocycles. The number of hydrogen-bond donors (Lipinski definition) is 1. The molecular formula is C32H35N3O7. The van der Waals surface area contributed by atoms with E-state index in [1.165, 1.54) is 0 Å². The first-order valence-corrected chi connectivity index (χ1v) is 14.5. The van der Waals surface area contributed by atoms with E-state index in [0.29, 0.717) is 29.3 Å². The molecule has 220 valence electrons. The molecule has 2 aromatic rings. The highest BCUT2D eigenvalue weighted by molar-refractivity contribution is 6.23. The van der Waals surface area contributed by atoms with Crippen LogP contribution >= 0.6 is 0 Å². The van der Waals surface area contributed by atoms with Crippen LogP contribution in [0.5, 0.6) is 5.75 Å². The van der Waals surface area contributed by atoms with E-state index in [1.807, 2.05) is 45.0 Å². The van der Waals surface area contributed by atoms with Crippen LogP contribution in [0.4, 0.5) is 5.69 Å². The lowest BCUT2D eigenvalue weighted by Gasteiger charge is -2.60. The molecular weight excluding hydrogens is 538 g/mol.